The van der Waals surface area contributed by atoms with E-state index in [1.54, 1.807) is 17.0 Å². The van der Waals surface area contributed by atoms with Gasteiger partial charge in [-0.3, -0.25) is 0 Å². The van der Waals surface area contributed by atoms with E-state index in [9.17, 15) is 8.42 Å². The molecule has 0 radical (unpaired) electrons. The van der Waals surface area contributed by atoms with Crippen LogP contribution in [0.1, 0.15) is 25.3 Å². The lowest BCUT2D eigenvalue weighted by atomic mass is 10.2. The number of sulfonamides is 1. The molecule has 21 heavy (non-hydrogen) atoms. The Bertz CT molecular complexity index is 648. The van der Waals surface area contributed by atoms with Crippen molar-refractivity contribution in [1.82, 2.24) is 15.0 Å². The molecule has 0 bridgehead atoms. The van der Waals surface area contributed by atoms with Gasteiger partial charge in [0.2, 0.25) is 5.09 Å². The molecule has 0 aliphatic carbocycles. The number of nitrogens with one attached hydrogen (secondary N) is 2. The third kappa shape index (κ3) is 4.92. The van der Waals surface area contributed by atoms with Gasteiger partial charge in [0.05, 0.1) is 24.3 Å². The summed E-state index contributed by atoms with van der Waals surface area (Å²) in [5.41, 5.74) is 2.35. The molecule has 0 atom stereocenters. The lowest BCUT2D eigenvalue weighted by molar-refractivity contribution is 0.394. The largest absolute Gasteiger partial charge is 0.447 e. The summed E-state index contributed by atoms with van der Waals surface area (Å²) in [6.07, 6.45) is 0. The second kappa shape index (κ2) is 7.17. The predicted molar refractivity (Wildman–Crippen MR) is 81.4 cm³/mol. The fourth-order valence-corrected chi connectivity index (χ4v) is 3.15. The van der Waals surface area contributed by atoms with E-state index in [1.165, 1.54) is 17.4 Å². The summed E-state index contributed by atoms with van der Waals surface area (Å²) in [7, 11) is -3.64. The zero-order valence-electron chi connectivity index (χ0n) is 12.0. The van der Waals surface area contributed by atoms with Crippen molar-refractivity contribution in [3.63, 3.8) is 0 Å². The highest BCUT2D eigenvalue weighted by atomic mass is 32.2. The van der Waals surface area contributed by atoms with E-state index in [4.69, 9.17) is 4.42 Å². The molecule has 2 aromatic heterocycles. The molecule has 0 amide bonds. The van der Waals surface area contributed by atoms with Gasteiger partial charge in [-0.15, -0.1) is 11.3 Å². The van der Waals surface area contributed by atoms with Crippen LogP contribution in [-0.2, 0) is 23.1 Å². The summed E-state index contributed by atoms with van der Waals surface area (Å²) in [4.78, 5) is 4.03. The number of furan rings is 1. The molecule has 0 unspecified atom stereocenters. The zero-order valence-corrected chi connectivity index (χ0v) is 13.6. The van der Waals surface area contributed by atoms with Crippen molar-refractivity contribution in [3.8, 4) is 0 Å². The van der Waals surface area contributed by atoms with Gasteiger partial charge in [0.15, 0.2) is 0 Å². The molecule has 6 nitrogen and oxygen atoms in total. The number of hydrogen-bond acceptors (Lipinski definition) is 6. The first-order valence-electron chi connectivity index (χ1n) is 6.63. The maximum Gasteiger partial charge on any atom is 0.274 e. The van der Waals surface area contributed by atoms with Gasteiger partial charge in [-0.25, -0.2) is 18.1 Å². The summed E-state index contributed by atoms with van der Waals surface area (Å²) in [6, 6.07) is 3.14. The number of hydrogen-bond donors (Lipinski definition) is 2. The third-order valence-corrected chi connectivity index (χ3v) is 4.59. The lowest BCUT2D eigenvalue weighted by Gasteiger charge is -2.05. The van der Waals surface area contributed by atoms with Gasteiger partial charge in [-0.05, 0) is 24.6 Å². The van der Waals surface area contributed by atoms with Crippen LogP contribution in [-0.4, -0.2) is 19.9 Å². The van der Waals surface area contributed by atoms with Crippen LogP contribution >= 0.6 is 11.3 Å². The van der Waals surface area contributed by atoms with Crippen molar-refractivity contribution in [2.75, 3.05) is 6.54 Å². The monoisotopic (exact) mass is 329 g/mol. The summed E-state index contributed by atoms with van der Waals surface area (Å²) in [5, 5.41) is 4.93. The Morgan fingerprint density at radius 1 is 1.33 bits per heavy atom. The average Bonchev–Trinajstić information content (AvgIpc) is 3.07. The molecule has 0 fully saturated rings. The van der Waals surface area contributed by atoms with Crippen LogP contribution in [0.5, 0.6) is 0 Å². The van der Waals surface area contributed by atoms with Crippen molar-refractivity contribution in [2.45, 2.75) is 32.0 Å². The van der Waals surface area contributed by atoms with Crippen molar-refractivity contribution in [1.29, 1.82) is 0 Å². The quantitative estimate of drug-likeness (QED) is 0.773. The maximum atomic E-state index is 12.1. The molecular formula is C13H19N3O3S2. The van der Waals surface area contributed by atoms with Gasteiger partial charge in [0, 0.05) is 5.38 Å². The molecule has 0 saturated carbocycles. The topological polar surface area (TPSA) is 84.2 Å². The molecule has 2 heterocycles. The van der Waals surface area contributed by atoms with Crippen LogP contribution < -0.4 is 10.0 Å². The first-order chi connectivity index (χ1) is 9.97. The van der Waals surface area contributed by atoms with Crippen molar-refractivity contribution < 1.29 is 12.8 Å². The van der Waals surface area contributed by atoms with E-state index in [0.717, 1.165) is 6.54 Å². The Hall–Kier alpha value is -1.22. The van der Waals surface area contributed by atoms with E-state index in [1.807, 2.05) is 0 Å². The molecule has 2 aromatic rings. The van der Waals surface area contributed by atoms with Crippen LogP contribution in [0.2, 0.25) is 0 Å². The molecule has 8 heteroatoms. The Labute approximate surface area is 128 Å². The maximum absolute atomic E-state index is 12.1. The molecule has 0 spiro atoms. The smallest absolute Gasteiger partial charge is 0.274 e. The van der Waals surface area contributed by atoms with Crippen molar-refractivity contribution >= 4 is 21.4 Å². The Morgan fingerprint density at radius 2 is 2.14 bits per heavy atom. The number of nitrogens with zero attached hydrogens (tertiary/aromatic N) is 1. The Balaban J connectivity index is 1.92. The minimum atomic E-state index is -3.64. The molecule has 0 aliphatic rings. The zero-order chi connectivity index (χ0) is 15.3. The van der Waals surface area contributed by atoms with Crippen molar-refractivity contribution in [2.24, 2.45) is 5.92 Å². The minimum absolute atomic E-state index is 0.0703. The van der Waals surface area contributed by atoms with Gasteiger partial charge in [0.1, 0.15) is 5.76 Å². The second-order valence-corrected chi connectivity index (χ2v) is 7.47. The molecule has 2 rings (SSSR count). The van der Waals surface area contributed by atoms with Gasteiger partial charge in [0.25, 0.3) is 10.0 Å². The minimum Gasteiger partial charge on any atom is -0.447 e. The normalized spacial score (nSPS) is 12.1. The van der Waals surface area contributed by atoms with Crippen molar-refractivity contribution in [3.05, 3.63) is 34.5 Å². The van der Waals surface area contributed by atoms with Crippen LogP contribution in [0.3, 0.4) is 0 Å². The highest BCUT2D eigenvalue weighted by Gasteiger charge is 2.18. The second-order valence-electron chi connectivity index (χ2n) is 5.05. The average molecular weight is 329 g/mol. The number of aromatic nitrogens is 1. The standard InChI is InChI=1S/C13H19N3O3S2/c1-10(2)5-14-7-12-3-4-13(19-12)21(17,18)16-6-11-8-20-9-15-11/h3-4,8-10,14,16H,5-7H2,1-2H3. The molecular weight excluding hydrogens is 310 g/mol. The van der Waals surface area contributed by atoms with Gasteiger partial charge < -0.3 is 9.73 Å². The fourth-order valence-electron chi connectivity index (χ4n) is 1.65. The molecule has 0 aromatic carbocycles. The first-order valence-corrected chi connectivity index (χ1v) is 9.06. The number of rotatable bonds is 8. The molecule has 0 saturated heterocycles. The van der Waals surface area contributed by atoms with E-state index in [2.05, 4.69) is 28.9 Å². The third-order valence-electron chi connectivity index (χ3n) is 2.68. The van der Waals surface area contributed by atoms with Gasteiger partial charge >= 0.3 is 0 Å². The molecule has 0 aliphatic heterocycles. The Morgan fingerprint density at radius 3 is 2.81 bits per heavy atom. The summed E-state index contributed by atoms with van der Waals surface area (Å²) in [5.74, 6) is 1.13. The lowest BCUT2D eigenvalue weighted by Crippen LogP contribution is -2.23. The summed E-state index contributed by atoms with van der Waals surface area (Å²) >= 11 is 1.42. The van der Waals surface area contributed by atoms with E-state index in [0.29, 0.717) is 23.9 Å². The van der Waals surface area contributed by atoms with Crippen LogP contribution in [0.15, 0.2) is 32.5 Å². The molecule has 2 N–H and O–H groups in total. The highest BCUT2D eigenvalue weighted by molar-refractivity contribution is 7.89. The molecule has 116 valence electrons. The van der Waals surface area contributed by atoms with Gasteiger partial charge in [-0.1, -0.05) is 13.8 Å². The number of thiazole rings is 1. The van der Waals surface area contributed by atoms with E-state index >= 15 is 0 Å². The van der Waals surface area contributed by atoms with E-state index < -0.39 is 10.0 Å². The van der Waals surface area contributed by atoms with Crippen LogP contribution in [0.25, 0.3) is 0 Å². The van der Waals surface area contributed by atoms with Crippen LogP contribution in [0, 0.1) is 5.92 Å². The Kier molecular flexibility index (Phi) is 5.51. The predicted octanol–water partition coefficient (Wildman–Crippen LogP) is 1.96. The summed E-state index contributed by atoms with van der Waals surface area (Å²) in [6.45, 7) is 5.74. The first kappa shape index (κ1) is 16.2. The fraction of sp³-hybridized carbons (Fsp3) is 0.462. The SMILES string of the molecule is CC(C)CNCc1ccc(S(=O)(=O)NCc2cscn2)o1. The van der Waals surface area contributed by atoms with Gasteiger partial charge in [-0.2, -0.15) is 0 Å². The highest BCUT2D eigenvalue weighted by Crippen LogP contribution is 2.14. The van der Waals surface area contributed by atoms with E-state index in [-0.39, 0.29) is 11.6 Å². The summed E-state index contributed by atoms with van der Waals surface area (Å²) < 4.78 is 32.0. The van der Waals surface area contributed by atoms with Crippen LogP contribution in [0.4, 0.5) is 0 Å².